The van der Waals surface area contributed by atoms with Crippen molar-refractivity contribution >= 4 is 0 Å². The highest BCUT2D eigenvalue weighted by atomic mass is 19.4. The molecule has 0 saturated heterocycles. The third kappa shape index (κ3) is 3.22. The summed E-state index contributed by atoms with van der Waals surface area (Å²) in [6.07, 6.45) is -8.26. The Morgan fingerprint density at radius 1 is 1.35 bits per heavy atom. The van der Waals surface area contributed by atoms with Crippen LogP contribution in [0.1, 0.15) is 17.6 Å². The fourth-order valence-electron chi connectivity index (χ4n) is 1.10. The number of alkyl halides is 5. The van der Waals surface area contributed by atoms with E-state index in [9.17, 15) is 26.3 Å². The molecule has 0 fully saturated rings. The van der Waals surface area contributed by atoms with Crippen LogP contribution in [0.25, 0.3) is 0 Å². The SMILES string of the molecule is OCc1cnc(F)c(OC(F)(F)F)c1C(F)F. The van der Waals surface area contributed by atoms with Crippen molar-refractivity contribution in [2.24, 2.45) is 0 Å². The van der Waals surface area contributed by atoms with E-state index < -0.39 is 42.2 Å². The van der Waals surface area contributed by atoms with Crippen LogP contribution in [0.2, 0.25) is 0 Å². The van der Waals surface area contributed by atoms with E-state index in [4.69, 9.17) is 5.11 Å². The molecule has 1 N–H and O–H groups in total. The molecule has 0 spiro atoms. The second-order valence-corrected chi connectivity index (χ2v) is 2.82. The number of halogens is 6. The van der Waals surface area contributed by atoms with Crippen molar-refractivity contribution in [2.45, 2.75) is 19.4 Å². The van der Waals surface area contributed by atoms with Crippen molar-refractivity contribution in [1.82, 2.24) is 4.98 Å². The number of pyridine rings is 1. The number of aromatic nitrogens is 1. The molecule has 0 bridgehead atoms. The van der Waals surface area contributed by atoms with Crippen LogP contribution < -0.4 is 4.74 Å². The summed E-state index contributed by atoms with van der Waals surface area (Å²) < 4.78 is 76.6. The van der Waals surface area contributed by atoms with E-state index >= 15 is 0 Å². The average molecular weight is 261 g/mol. The maximum absolute atomic E-state index is 12.9. The summed E-state index contributed by atoms with van der Waals surface area (Å²) in [4.78, 5) is 2.79. The second-order valence-electron chi connectivity index (χ2n) is 2.82. The maximum Gasteiger partial charge on any atom is 0.573 e. The van der Waals surface area contributed by atoms with Crippen LogP contribution in [0.4, 0.5) is 26.3 Å². The van der Waals surface area contributed by atoms with Gasteiger partial charge in [0.15, 0.2) is 5.75 Å². The van der Waals surface area contributed by atoms with Gasteiger partial charge in [-0.25, -0.2) is 13.8 Å². The van der Waals surface area contributed by atoms with Crippen molar-refractivity contribution in [3.05, 3.63) is 23.3 Å². The average Bonchev–Trinajstić information content (AvgIpc) is 2.18. The zero-order valence-electron chi connectivity index (χ0n) is 7.93. The van der Waals surface area contributed by atoms with Crippen molar-refractivity contribution in [3.8, 4) is 5.75 Å². The van der Waals surface area contributed by atoms with E-state index in [2.05, 4.69) is 9.72 Å². The summed E-state index contributed by atoms with van der Waals surface area (Å²) in [6, 6.07) is 0. The van der Waals surface area contributed by atoms with Gasteiger partial charge in [0, 0.05) is 11.8 Å². The highest BCUT2D eigenvalue weighted by molar-refractivity contribution is 5.39. The zero-order chi connectivity index (χ0) is 13.2. The molecule has 0 aliphatic rings. The molecule has 17 heavy (non-hydrogen) atoms. The number of rotatable bonds is 3. The van der Waals surface area contributed by atoms with Crippen LogP contribution in [0.15, 0.2) is 6.20 Å². The van der Waals surface area contributed by atoms with E-state index in [1.807, 2.05) is 0 Å². The van der Waals surface area contributed by atoms with Crippen LogP contribution in [-0.4, -0.2) is 16.5 Å². The van der Waals surface area contributed by atoms with E-state index in [1.54, 1.807) is 0 Å². The molecule has 3 nitrogen and oxygen atoms in total. The Morgan fingerprint density at radius 2 is 1.94 bits per heavy atom. The van der Waals surface area contributed by atoms with Crippen molar-refractivity contribution in [1.29, 1.82) is 0 Å². The molecule has 96 valence electrons. The number of aliphatic hydroxyl groups excluding tert-OH is 1. The van der Waals surface area contributed by atoms with E-state index in [-0.39, 0.29) is 0 Å². The molecule has 0 radical (unpaired) electrons. The van der Waals surface area contributed by atoms with Gasteiger partial charge >= 0.3 is 6.36 Å². The summed E-state index contributed by atoms with van der Waals surface area (Å²) in [7, 11) is 0. The lowest BCUT2D eigenvalue weighted by molar-refractivity contribution is -0.276. The number of hydrogen-bond donors (Lipinski definition) is 1. The van der Waals surface area contributed by atoms with Crippen LogP contribution in [-0.2, 0) is 6.61 Å². The Kier molecular flexibility index (Phi) is 3.81. The van der Waals surface area contributed by atoms with E-state index in [1.165, 1.54) is 0 Å². The van der Waals surface area contributed by atoms with Gasteiger partial charge in [-0.05, 0) is 0 Å². The fraction of sp³-hybridized carbons (Fsp3) is 0.375. The molecule has 0 amide bonds. The Morgan fingerprint density at radius 3 is 2.35 bits per heavy atom. The fourth-order valence-corrected chi connectivity index (χ4v) is 1.10. The highest BCUT2D eigenvalue weighted by Crippen LogP contribution is 2.36. The minimum Gasteiger partial charge on any atom is -0.400 e. The van der Waals surface area contributed by atoms with E-state index in [0.29, 0.717) is 6.20 Å². The Labute approximate surface area is 90.6 Å². The second kappa shape index (κ2) is 4.78. The van der Waals surface area contributed by atoms with Gasteiger partial charge in [-0.15, -0.1) is 13.2 Å². The molecule has 0 aromatic carbocycles. The highest BCUT2D eigenvalue weighted by Gasteiger charge is 2.36. The van der Waals surface area contributed by atoms with Gasteiger partial charge in [0.2, 0.25) is 0 Å². The Balaban J connectivity index is 3.34. The van der Waals surface area contributed by atoms with Crippen LogP contribution in [0.5, 0.6) is 5.75 Å². The molecule has 1 heterocycles. The van der Waals surface area contributed by atoms with Gasteiger partial charge in [-0.1, -0.05) is 0 Å². The van der Waals surface area contributed by atoms with Gasteiger partial charge < -0.3 is 9.84 Å². The van der Waals surface area contributed by atoms with Gasteiger partial charge in [0.25, 0.3) is 12.4 Å². The monoisotopic (exact) mass is 261 g/mol. The largest absolute Gasteiger partial charge is 0.573 e. The molecular formula is C8H5F6NO2. The summed E-state index contributed by atoms with van der Waals surface area (Å²) >= 11 is 0. The van der Waals surface area contributed by atoms with Gasteiger partial charge in [-0.2, -0.15) is 4.39 Å². The number of aliphatic hydroxyl groups is 1. The molecule has 0 saturated carbocycles. The van der Waals surface area contributed by atoms with Crippen LogP contribution >= 0.6 is 0 Å². The first-order chi connectivity index (χ1) is 7.76. The molecule has 0 aliphatic heterocycles. The Bertz CT molecular complexity index is 406. The molecule has 1 rings (SSSR count). The predicted molar refractivity (Wildman–Crippen MR) is 41.8 cm³/mol. The molecule has 1 aromatic rings. The predicted octanol–water partition coefficient (Wildman–Crippen LogP) is 2.55. The van der Waals surface area contributed by atoms with Crippen LogP contribution in [0.3, 0.4) is 0 Å². The van der Waals surface area contributed by atoms with Gasteiger partial charge in [0.1, 0.15) is 0 Å². The summed E-state index contributed by atoms with van der Waals surface area (Å²) in [5.41, 5.74) is -2.00. The van der Waals surface area contributed by atoms with Crippen molar-refractivity contribution in [3.63, 3.8) is 0 Å². The number of ether oxygens (including phenoxy) is 1. The quantitative estimate of drug-likeness (QED) is 0.671. The number of hydrogen-bond acceptors (Lipinski definition) is 3. The summed E-state index contributed by atoms with van der Waals surface area (Å²) in [5, 5.41) is 8.65. The topological polar surface area (TPSA) is 42.4 Å². The molecule has 9 heteroatoms. The Hall–Kier alpha value is -1.51. The minimum atomic E-state index is -5.33. The first kappa shape index (κ1) is 13.6. The molecule has 0 unspecified atom stereocenters. The van der Waals surface area contributed by atoms with Crippen LogP contribution in [0, 0.1) is 5.95 Å². The third-order valence-corrected chi connectivity index (χ3v) is 1.72. The van der Waals surface area contributed by atoms with Crippen molar-refractivity contribution in [2.75, 3.05) is 0 Å². The van der Waals surface area contributed by atoms with Crippen molar-refractivity contribution < 1.29 is 36.2 Å². The summed E-state index contributed by atoms with van der Waals surface area (Å²) in [6.45, 7) is -1.01. The standard InChI is InChI=1S/C8H5F6NO2/c9-6(10)4-3(2-16)1-15-7(11)5(4)17-8(12,13)14/h1,6,16H,2H2. The zero-order valence-corrected chi connectivity index (χ0v) is 7.93. The normalized spacial score (nSPS) is 12.0. The lowest BCUT2D eigenvalue weighted by Gasteiger charge is -2.15. The number of nitrogens with zero attached hydrogens (tertiary/aromatic N) is 1. The minimum absolute atomic E-state index is 0.514. The maximum atomic E-state index is 12.9. The van der Waals surface area contributed by atoms with Gasteiger partial charge in [0.05, 0.1) is 12.2 Å². The lowest BCUT2D eigenvalue weighted by Crippen LogP contribution is -2.20. The summed E-state index contributed by atoms with van der Waals surface area (Å²) in [5.74, 6) is -3.55. The lowest BCUT2D eigenvalue weighted by atomic mass is 10.1. The molecular weight excluding hydrogens is 256 g/mol. The van der Waals surface area contributed by atoms with E-state index in [0.717, 1.165) is 0 Å². The smallest absolute Gasteiger partial charge is 0.400 e. The first-order valence-electron chi connectivity index (χ1n) is 4.08. The molecule has 1 aromatic heterocycles. The first-order valence-corrected chi connectivity index (χ1v) is 4.08. The molecule has 0 atom stereocenters. The van der Waals surface area contributed by atoms with Gasteiger partial charge in [-0.3, -0.25) is 0 Å². The third-order valence-electron chi connectivity index (χ3n) is 1.72. The molecule has 0 aliphatic carbocycles.